The van der Waals surface area contributed by atoms with E-state index in [1.807, 2.05) is 72.8 Å². The minimum atomic E-state index is -0.328. The number of aromatic amines is 1. The first-order valence-corrected chi connectivity index (χ1v) is 10.6. The van der Waals surface area contributed by atoms with Crippen LogP contribution in [0.15, 0.2) is 95.1 Å². The third kappa shape index (κ3) is 4.37. The molecule has 0 amide bonds. The molecule has 0 unspecified atom stereocenters. The van der Waals surface area contributed by atoms with Crippen molar-refractivity contribution in [2.24, 2.45) is 5.10 Å². The van der Waals surface area contributed by atoms with Gasteiger partial charge in [0.15, 0.2) is 5.65 Å². The standard InChI is InChI=1S/C26H20N6O2/c1-34-20-11-5-9-18(13-20)21-14-22(19-10-6-12-27-16-19)29-24-23(21)25(33)31-26(30-24)32-28-15-17-7-3-2-4-8-17/h2-16H,1H3,(H2,29,30,31,32,33). The molecule has 2 aromatic carbocycles. The van der Waals surface area contributed by atoms with Gasteiger partial charge in [0.1, 0.15) is 5.75 Å². The summed E-state index contributed by atoms with van der Waals surface area (Å²) >= 11 is 0. The van der Waals surface area contributed by atoms with Crippen LogP contribution in [0.2, 0.25) is 0 Å². The molecule has 0 atom stereocenters. The number of hydrogen-bond donors (Lipinski definition) is 2. The van der Waals surface area contributed by atoms with Gasteiger partial charge in [-0.15, -0.1) is 0 Å². The fourth-order valence-corrected chi connectivity index (χ4v) is 3.58. The average Bonchev–Trinajstić information content (AvgIpc) is 2.89. The molecule has 0 saturated carbocycles. The molecule has 0 aliphatic heterocycles. The summed E-state index contributed by atoms with van der Waals surface area (Å²) < 4.78 is 5.38. The van der Waals surface area contributed by atoms with E-state index in [9.17, 15) is 4.79 Å². The van der Waals surface area contributed by atoms with Crippen molar-refractivity contribution in [3.63, 3.8) is 0 Å². The van der Waals surface area contributed by atoms with Crippen LogP contribution in [-0.4, -0.2) is 33.3 Å². The predicted molar refractivity (Wildman–Crippen MR) is 133 cm³/mol. The summed E-state index contributed by atoms with van der Waals surface area (Å²) in [6.45, 7) is 0. The molecule has 0 saturated heterocycles. The Bertz CT molecular complexity index is 1530. The topological polar surface area (TPSA) is 105 Å². The lowest BCUT2D eigenvalue weighted by atomic mass is 10.0. The molecular formula is C26H20N6O2. The Morgan fingerprint density at radius 2 is 1.82 bits per heavy atom. The van der Waals surface area contributed by atoms with Gasteiger partial charge in [-0.3, -0.25) is 14.8 Å². The number of methoxy groups -OCH3 is 1. The molecule has 5 aromatic rings. The number of fused-ring (bicyclic) bond motifs is 1. The van der Waals surface area contributed by atoms with E-state index in [1.165, 1.54) is 0 Å². The molecule has 3 aromatic heterocycles. The number of nitrogens with zero attached hydrogens (tertiary/aromatic N) is 4. The minimum absolute atomic E-state index is 0.192. The minimum Gasteiger partial charge on any atom is -0.497 e. The zero-order valence-electron chi connectivity index (χ0n) is 18.3. The van der Waals surface area contributed by atoms with Crippen LogP contribution in [0.25, 0.3) is 33.4 Å². The largest absolute Gasteiger partial charge is 0.497 e. The van der Waals surface area contributed by atoms with Gasteiger partial charge in [0.05, 0.1) is 24.4 Å². The summed E-state index contributed by atoms with van der Waals surface area (Å²) in [5.74, 6) is 0.875. The first-order chi connectivity index (χ1) is 16.7. The third-order valence-electron chi connectivity index (χ3n) is 5.20. The van der Waals surface area contributed by atoms with Crippen LogP contribution in [0.5, 0.6) is 5.75 Å². The number of pyridine rings is 2. The lowest BCUT2D eigenvalue weighted by molar-refractivity contribution is 0.415. The molecule has 166 valence electrons. The molecule has 0 fully saturated rings. The molecule has 34 heavy (non-hydrogen) atoms. The summed E-state index contributed by atoms with van der Waals surface area (Å²) in [4.78, 5) is 29.3. The van der Waals surface area contributed by atoms with E-state index in [2.05, 4.69) is 30.5 Å². The number of benzene rings is 2. The number of ether oxygens (including phenoxy) is 1. The van der Waals surface area contributed by atoms with Gasteiger partial charge in [-0.05, 0) is 41.5 Å². The van der Waals surface area contributed by atoms with Crippen molar-refractivity contribution in [2.75, 3.05) is 12.5 Å². The second kappa shape index (κ2) is 9.33. The van der Waals surface area contributed by atoms with Gasteiger partial charge >= 0.3 is 0 Å². The fraction of sp³-hybridized carbons (Fsp3) is 0.0385. The zero-order valence-corrected chi connectivity index (χ0v) is 18.3. The number of anilines is 1. The average molecular weight is 448 g/mol. The van der Waals surface area contributed by atoms with Crippen molar-refractivity contribution in [3.05, 3.63) is 101 Å². The van der Waals surface area contributed by atoms with Crippen LogP contribution in [0.3, 0.4) is 0 Å². The first-order valence-electron chi connectivity index (χ1n) is 10.6. The molecule has 2 N–H and O–H groups in total. The van der Waals surface area contributed by atoms with Crippen LogP contribution in [0.1, 0.15) is 5.56 Å². The number of nitrogens with one attached hydrogen (secondary N) is 2. The molecule has 8 nitrogen and oxygen atoms in total. The SMILES string of the molecule is COc1cccc(-c2cc(-c3cccnc3)nc3nc(NN=Cc4ccccc4)[nH]c(=O)c23)c1. The normalized spacial score (nSPS) is 11.1. The maximum Gasteiger partial charge on any atom is 0.262 e. The van der Waals surface area contributed by atoms with Gasteiger partial charge in [-0.25, -0.2) is 10.4 Å². The Balaban J connectivity index is 1.64. The van der Waals surface area contributed by atoms with Gasteiger partial charge in [0.2, 0.25) is 5.95 Å². The summed E-state index contributed by atoms with van der Waals surface area (Å²) in [6, 6.07) is 22.7. The molecule has 0 spiro atoms. The summed E-state index contributed by atoms with van der Waals surface area (Å²) in [6.07, 6.45) is 5.06. The van der Waals surface area contributed by atoms with Crippen LogP contribution in [-0.2, 0) is 0 Å². The number of aromatic nitrogens is 4. The Morgan fingerprint density at radius 1 is 0.971 bits per heavy atom. The first kappa shape index (κ1) is 21.0. The molecule has 5 rings (SSSR count). The number of H-pyrrole nitrogens is 1. The highest BCUT2D eigenvalue weighted by molar-refractivity contribution is 5.95. The lowest BCUT2D eigenvalue weighted by Crippen LogP contribution is -2.13. The summed E-state index contributed by atoms with van der Waals surface area (Å²) in [5.41, 5.74) is 6.63. The van der Waals surface area contributed by atoms with Crippen LogP contribution < -0.4 is 15.7 Å². The van der Waals surface area contributed by atoms with E-state index >= 15 is 0 Å². The number of rotatable bonds is 6. The van der Waals surface area contributed by atoms with Crippen molar-refractivity contribution in [1.82, 2.24) is 19.9 Å². The van der Waals surface area contributed by atoms with Crippen molar-refractivity contribution in [1.29, 1.82) is 0 Å². The van der Waals surface area contributed by atoms with Crippen molar-refractivity contribution >= 4 is 23.2 Å². The molecular weight excluding hydrogens is 428 g/mol. The van der Waals surface area contributed by atoms with E-state index in [0.717, 1.165) is 16.7 Å². The molecule has 3 heterocycles. The van der Waals surface area contributed by atoms with Gasteiger partial charge < -0.3 is 4.74 Å². The van der Waals surface area contributed by atoms with Crippen LogP contribution >= 0.6 is 0 Å². The molecule has 0 aliphatic rings. The Morgan fingerprint density at radius 3 is 2.62 bits per heavy atom. The van der Waals surface area contributed by atoms with Gasteiger partial charge in [-0.2, -0.15) is 10.1 Å². The smallest absolute Gasteiger partial charge is 0.262 e. The van der Waals surface area contributed by atoms with Gasteiger partial charge in [0, 0.05) is 23.5 Å². The van der Waals surface area contributed by atoms with E-state index in [0.29, 0.717) is 28.0 Å². The third-order valence-corrected chi connectivity index (χ3v) is 5.20. The van der Waals surface area contributed by atoms with E-state index in [1.54, 1.807) is 25.7 Å². The Hall–Kier alpha value is -4.85. The predicted octanol–water partition coefficient (Wildman–Crippen LogP) is 4.50. The van der Waals surface area contributed by atoms with E-state index < -0.39 is 0 Å². The molecule has 0 radical (unpaired) electrons. The molecule has 0 aliphatic carbocycles. The van der Waals surface area contributed by atoms with Crippen LogP contribution in [0, 0.1) is 0 Å². The van der Waals surface area contributed by atoms with Crippen LogP contribution in [0.4, 0.5) is 5.95 Å². The van der Waals surface area contributed by atoms with E-state index in [4.69, 9.17) is 4.74 Å². The quantitative estimate of drug-likeness (QED) is 0.293. The Labute approximate surface area is 195 Å². The second-order valence-corrected chi connectivity index (χ2v) is 7.42. The summed E-state index contributed by atoms with van der Waals surface area (Å²) in [7, 11) is 1.60. The zero-order chi connectivity index (χ0) is 23.3. The lowest BCUT2D eigenvalue weighted by Gasteiger charge is -2.11. The second-order valence-electron chi connectivity index (χ2n) is 7.42. The van der Waals surface area contributed by atoms with Gasteiger partial charge in [0.25, 0.3) is 5.56 Å². The highest BCUT2D eigenvalue weighted by Gasteiger charge is 2.15. The number of hydrogen-bond acceptors (Lipinski definition) is 7. The summed E-state index contributed by atoms with van der Waals surface area (Å²) in [5, 5.41) is 4.56. The number of hydrazone groups is 1. The highest BCUT2D eigenvalue weighted by Crippen LogP contribution is 2.31. The van der Waals surface area contributed by atoms with Crippen molar-refractivity contribution < 1.29 is 4.74 Å². The molecule has 8 heteroatoms. The maximum atomic E-state index is 13.2. The Kier molecular flexibility index (Phi) is 5.77. The monoisotopic (exact) mass is 448 g/mol. The van der Waals surface area contributed by atoms with Crippen molar-refractivity contribution in [3.8, 4) is 28.1 Å². The highest BCUT2D eigenvalue weighted by atomic mass is 16.5. The maximum absolute atomic E-state index is 13.2. The van der Waals surface area contributed by atoms with Crippen molar-refractivity contribution in [2.45, 2.75) is 0 Å². The van der Waals surface area contributed by atoms with Gasteiger partial charge in [-0.1, -0.05) is 42.5 Å². The fourth-order valence-electron chi connectivity index (χ4n) is 3.58. The van der Waals surface area contributed by atoms with E-state index in [-0.39, 0.29) is 11.5 Å². The molecule has 0 bridgehead atoms.